The molecular weight excluding hydrogens is 252 g/mol. The van der Waals surface area contributed by atoms with Crippen molar-refractivity contribution in [3.63, 3.8) is 0 Å². The molecule has 1 aromatic heterocycles. The summed E-state index contributed by atoms with van der Waals surface area (Å²) in [4.78, 5) is 15.2. The van der Waals surface area contributed by atoms with E-state index in [-0.39, 0.29) is 12.0 Å². The second-order valence-electron chi connectivity index (χ2n) is 5.13. The Balaban J connectivity index is 1.79. The molecule has 0 unspecified atom stereocenters. The lowest BCUT2D eigenvalue weighted by Gasteiger charge is -2.08. The number of hydrogen-bond acceptors (Lipinski definition) is 2. The Morgan fingerprint density at radius 3 is 2.95 bits per heavy atom. The minimum absolute atomic E-state index is 0.0252. The fourth-order valence-corrected chi connectivity index (χ4v) is 2.12. The molecule has 2 rings (SSSR count). The maximum atomic E-state index is 12.1. The first kappa shape index (κ1) is 14.6. The van der Waals surface area contributed by atoms with Crippen LogP contribution in [-0.2, 0) is 4.74 Å². The molecule has 0 saturated carbocycles. The van der Waals surface area contributed by atoms with Gasteiger partial charge in [-0.05, 0) is 38.8 Å². The molecular formula is C16H22N2O2. The zero-order valence-corrected chi connectivity index (χ0v) is 12.1. The number of rotatable bonds is 7. The van der Waals surface area contributed by atoms with E-state index in [9.17, 15) is 4.79 Å². The summed E-state index contributed by atoms with van der Waals surface area (Å²) < 4.78 is 5.46. The van der Waals surface area contributed by atoms with Crippen LogP contribution in [0.4, 0.5) is 0 Å². The number of aromatic amines is 1. The molecule has 108 valence electrons. The van der Waals surface area contributed by atoms with E-state index >= 15 is 0 Å². The van der Waals surface area contributed by atoms with Gasteiger partial charge in [0.15, 0.2) is 0 Å². The highest BCUT2D eigenvalue weighted by Crippen LogP contribution is 2.16. The molecule has 4 nitrogen and oxygen atoms in total. The van der Waals surface area contributed by atoms with Crippen molar-refractivity contribution < 1.29 is 9.53 Å². The van der Waals surface area contributed by atoms with Gasteiger partial charge in [0.1, 0.15) is 0 Å². The maximum Gasteiger partial charge on any atom is 0.253 e. The third kappa shape index (κ3) is 3.84. The van der Waals surface area contributed by atoms with Crippen LogP contribution >= 0.6 is 0 Å². The van der Waals surface area contributed by atoms with Crippen LogP contribution in [-0.4, -0.2) is 30.1 Å². The quantitative estimate of drug-likeness (QED) is 0.762. The van der Waals surface area contributed by atoms with E-state index in [2.05, 4.69) is 10.3 Å². The van der Waals surface area contributed by atoms with E-state index in [4.69, 9.17) is 4.74 Å². The Labute approximate surface area is 119 Å². The van der Waals surface area contributed by atoms with Gasteiger partial charge < -0.3 is 15.0 Å². The van der Waals surface area contributed by atoms with Crippen LogP contribution in [0.15, 0.2) is 30.5 Å². The average molecular weight is 274 g/mol. The van der Waals surface area contributed by atoms with Crippen LogP contribution in [0, 0.1) is 0 Å². The molecule has 0 spiro atoms. The number of amides is 1. The molecule has 0 fully saturated rings. The summed E-state index contributed by atoms with van der Waals surface area (Å²) in [5.74, 6) is -0.0252. The van der Waals surface area contributed by atoms with Gasteiger partial charge >= 0.3 is 0 Å². The zero-order valence-electron chi connectivity index (χ0n) is 12.1. The fraction of sp³-hybridized carbons (Fsp3) is 0.438. The number of nitrogens with one attached hydrogen (secondary N) is 2. The van der Waals surface area contributed by atoms with Crippen molar-refractivity contribution in [1.29, 1.82) is 0 Å². The van der Waals surface area contributed by atoms with Crippen molar-refractivity contribution >= 4 is 16.8 Å². The Bertz CT molecular complexity index is 560. The Morgan fingerprint density at radius 2 is 2.15 bits per heavy atom. The summed E-state index contributed by atoms with van der Waals surface area (Å²) in [5, 5.41) is 4.01. The van der Waals surface area contributed by atoms with Gasteiger partial charge in [-0.25, -0.2) is 0 Å². The molecule has 1 heterocycles. The lowest BCUT2D eigenvalue weighted by atomic mass is 10.1. The van der Waals surface area contributed by atoms with E-state index in [0.717, 1.165) is 30.4 Å². The first-order valence-electron chi connectivity index (χ1n) is 7.14. The number of ether oxygens (including phenoxy) is 1. The zero-order chi connectivity index (χ0) is 14.4. The van der Waals surface area contributed by atoms with Gasteiger partial charge in [-0.15, -0.1) is 0 Å². The second-order valence-corrected chi connectivity index (χ2v) is 5.13. The summed E-state index contributed by atoms with van der Waals surface area (Å²) in [6.07, 6.45) is 4.02. The first-order valence-corrected chi connectivity index (χ1v) is 7.14. The van der Waals surface area contributed by atoms with Crippen LogP contribution in [0.2, 0.25) is 0 Å². The number of carbonyl (C=O) groups is 1. The molecule has 0 atom stereocenters. The highest BCUT2D eigenvalue weighted by Gasteiger charge is 2.09. The van der Waals surface area contributed by atoms with Crippen LogP contribution in [0.5, 0.6) is 0 Å². The Hall–Kier alpha value is -1.81. The van der Waals surface area contributed by atoms with Crippen molar-refractivity contribution in [2.45, 2.75) is 32.8 Å². The number of H-pyrrole nitrogens is 1. The molecule has 0 saturated heterocycles. The third-order valence-electron chi connectivity index (χ3n) is 3.14. The largest absolute Gasteiger partial charge is 0.379 e. The van der Waals surface area contributed by atoms with E-state index in [0.29, 0.717) is 12.1 Å². The Morgan fingerprint density at radius 1 is 1.30 bits per heavy atom. The highest BCUT2D eigenvalue weighted by molar-refractivity contribution is 6.05. The molecule has 0 radical (unpaired) electrons. The molecule has 0 aliphatic carbocycles. The summed E-state index contributed by atoms with van der Waals surface area (Å²) in [6, 6.07) is 7.71. The lowest BCUT2D eigenvalue weighted by molar-refractivity contribution is 0.0754. The second kappa shape index (κ2) is 7.10. The molecule has 2 aromatic rings. The van der Waals surface area contributed by atoms with Crippen molar-refractivity contribution in [2.24, 2.45) is 0 Å². The summed E-state index contributed by atoms with van der Waals surface area (Å²) in [7, 11) is 0. The predicted octanol–water partition coefficient (Wildman–Crippen LogP) is 3.10. The number of fused-ring (bicyclic) bond motifs is 1. The highest BCUT2D eigenvalue weighted by atomic mass is 16.5. The van der Waals surface area contributed by atoms with Crippen molar-refractivity contribution in [3.05, 3.63) is 36.0 Å². The molecule has 1 amide bonds. The smallest absolute Gasteiger partial charge is 0.253 e. The van der Waals surface area contributed by atoms with Crippen LogP contribution < -0.4 is 5.32 Å². The number of unbranched alkanes of at least 4 members (excludes halogenated alkanes) is 1. The van der Waals surface area contributed by atoms with E-state index in [1.54, 1.807) is 0 Å². The predicted molar refractivity (Wildman–Crippen MR) is 81.0 cm³/mol. The van der Waals surface area contributed by atoms with Crippen LogP contribution in [0.1, 0.15) is 37.0 Å². The molecule has 4 heteroatoms. The lowest BCUT2D eigenvalue weighted by Crippen LogP contribution is -2.25. The van der Waals surface area contributed by atoms with Crippen LogP contribution in [0.25, 0.3) is 10.9 Å². The standard InChI is InChI=1S/C16H22N2O2/c1-12(2)20-11-4-3-9-18-16(19)14-7-5-6-13-8-10-17-15(13)14/h5-8,10,12,17H,3-4,9,11H2,1-2H3,(H,18,19). The van der Waals surface area contributed by atoms with Gasteiger partial charge in [0, 0.05) is 24.7 Å². The number of aromatic nitrogens is 1. The molecule has 1 aromatic carbocycles. The third-order valence-corrected chi connectivity index (χ3v) is 3.14. The number of benzene rings is 1. The average Bonchev–Trinajstić information content (AvgIpc) is 2.90. The van der Waals surface area contributed by atoms with Gasteiger partial charge in [0.05, 0.1) is 17.2 Å². The van der Waals surface area contributed by atoms with Crippen molar-refractivity contribution in [2.75, 3.05) is 13.2 Å². The Kier molecular flexibility index (Phi) is 5.18. The van der Waals surface area contributed by atoms with Crippen molar-refractivity contribution in [3.8, 4) is 0 Å². The normalized spacial score (nSPS) is 11.2. The minimum Gasteiger partial charge on any atom is -0.379 e. The topological polar surface area (TPSA) is 54.1 Å². The first-order chi connectivity index (χ1) is 9.68. The summed E-state index contributed by atoms with van der Waals surface area (Å²) >= 11 is 0. The van der Waals surface area contributed by atoms with Crippen LogP contribution in [0.3, 0.4) is 0 Å². The maximum absolute atomic E-state index is 12.1. The molecule has 2 N–H and O–H groups in total. The fourth-order valence-electron chi connectivity index (χ4n) is 2.12. The van der Waals surface area contributed by atoms with Gasteiger partial charge in [0.25, 0.3) is 5.91 Å². The molecule has 20 heavy (non-hydrogen) atoms. The van der Waals surface area contributed by atoms with E-state index < -0.39 is 0 Å². The van der Waals surface area contributed by atoms with Gasteiger partial charge in [0.2, 0.25) is 0 Å². The number of para-hydroxylation sites is 1. The van der Waals surface area contributed by atoms with E-state index in [1.807, 2.05) is 44.3 Å². The number of hydrogen-bond donors (Lipinski definition) is 2. The molecule has 0 aliphatic heterocycles. The van der Waals surface area contributed by atoms with Gasteiger partial charge in [-0.2, -0.15) is 0 Å². The SMILES string of the molecule is CC(C)OCCCCNC(=O)c1cccc2cc[nH]c12. The molecule has 0 bridgehead atoms. The van der Waals surface area contributed by atoms with Gasteiger partial charge in [-0.3, -0.25) is 4.79 Å². The summed E-state index contributed by atoms with van der Waals surface area (Å²) in [6.45, 7) is 5.48. The minimum atomic E-state index is -0.0252. The van der Waals surface area contributed by atoms with Crippen molar-refractivity contribution in [1.82, 2.24) is 10.3 Å². The monoisotopic (exact) mass is 274 g/mol. The summed E-state index contributed by atoms with van der Waals surface area (Å²) in [5.41, 5.74) is 1.60. The van der Waals surface area contributed by atoms with Gasteiger partial charge in [-0.1, -0.05) is 12.1 Å². The number of carbonyl (C=O) groups excluding carboxylic acids is 1. The molecule has 0 aliphatic rings. The van der Waals surface area contributed by atoms with E-state index in [1.165, 1.54) is 0 Å².